The fourth-order valence-corrected chi connectivity index (χ4v) is 7.97. The van der Waals surface area contributed by atoms with Gasteiger partial charge in [0.15, 0.2) is 0 Å². The molecule has 0 N–H and O–H groups in total. The molecule has 0 bridgehead atoms. The molecule has 0 aromatic rings. The maximum atomic E-state index is 6.39. The van der Waals surface area contributed by atoms with Crippen LogP contribution in [0.3, 0.4) is 0 Å². The average Bonchev–Trinajstić information content (AvgIpc) is 2.43. The second kappa shape index (κ2) is 13.6. The van der Waals surface area contributed by atoms with Gasteiger partial charge >= 0.3 is 126 Å². The summed E-state index contributed by atoms with van der Waals surface area (Å²) in [4.78, 5) is 0. The van der Waals surface area contributed by atoms with E-state index in [1.807, 2.05) is 0 Å². The van der Waals surface area contributed by atoms with Gasteiger partial charge in [-0.25, -0.2) is 0 Å². The van der Waals surface area contributed by atoms with Crippen LogP contribution in [0.2, 0.25) is 9.45 Å². The molecule has 3 heteroatoms. The Balaban J connectivity index is 4.44. The summed E-state index contributed by atoms with van der Waals surface area (Å²) in [5, 5.41) is 0. The molecular weight excluding hydrogens is 272 g/mol. The van der Waals surface area contributed by atoms with Crippen molar-refractivity contribution in [2.75, 3.05) is 13.2 Å². The minimum atomic E-state index is -2.48. The van der Waals surface area contributed by atoms with Crippen LogP contribution in [-0.4, -0.2) is 13.2 Å². The van der Waals surface area contributed by atoms with Crippen molar-refractivity contribution in [2.24, 2.45) is 0 Å². The molecule has 0 heterocycles. The van der Waals surface area contributed by atoms with Crippen molar-refractivity contribution >= 4 is 0 Å². The van der Waals surface area contributed by atoms with E-state index in [1.54, 1.807) is 0 Å². The normalized spacial score (nSPS) is 12.0. The Kier molecular flexibility index (Phi) is 14.1. The molecule has 0 atom stereocenters. The first-order chi connectivity index (χ1) is 9.24. The summed E-state index contributed by atoms with van der Waals surface area (Å²) >= 11 is -2.48. The van der Waals surface area contributed by atoms with Crippen LogP contribution in [0.25, 0.3) is 0 Å². The van der Waals surface area contributed by atoms with Crippen LogP contribution in [0.4, 0.5) is 0 Å². The summed E-state index contributed by atoms with van der Waals surface area (Å²) in [6, 6.07) is 0. The molecule has 0 aromatic heterocycles. The minimum absolute atomic E-state index is 0.927. The van der Waals surface area contributed by atoms with Crippen LogP contribution < -0.4 is 0 Å². The molecule has 0 spiro atoms. The molecule has 19 heavy (non-hydrogen) atoms. The SMILES string of the molecule is CCCC[O][Ti]([CH2]CCC)([CH2]CCC)[O]CCCC. The van der Waals surface area contributed by atoms with Crippen LogP contribution in [0.5, 0.6) is 0 Å². The van der Waals surface area contributed by atoms with Crippen molar-refractivity contribution in [3.63, 3.8) is 0 Å². The molecule has 0 fully saturated rings. The van der Waals surface area contributed by atoms with Crippen molar-refractivity contribution in [1.29, 1.82) is 0 Å². The summed E-state index contributed by atoms with van der Waals surface area (Å²) in [5.74, 6) is 0. The Labute approximate surface area is 126 Å². The molecule has 0 aromatic carbocycles. The standard InChI is InChI=1S/2C4H9O.2C4H9.Ti/c2*1-2-3-4-5;2*1-3-4-2;/h2*2-4H2,1H3;2*1,3-4H2,2H3;/q2*-1;;;+2. The van der Waals surface area contributed by atoms with Crippen molar-refractivity contribution in [3.05, 3.63) is 0 Å². The van der Waals surface area contributed by atoms with Crippen LogP contribution in [0.15, 0.2) is 0 Å². The van der Waals surface area contributed by atoms with Crippen LogP contribution in [0, 0.1) is 0 Å². The average molecular weight is 308 g/mol. The Morgan fingerprint density at radius 2 is 0.947 bits per heavy atom. The molecule has 0 unspecified atom stereocenters. The van der Waals surface area contributed by atoms with Gasteiger partial charge in [-0.15, -0.1) is 0 Å². The van der Waals surface area contributed by atoms with E-state index in [0.717, 1.165) is 13.2 Å². The summed E-state index contributed by atoms with van der Waals surface area (Å²) < 4.78 is 15.3. The molecule has 0 aliphatic rings. The van der Waals surface area contributed by atoms with E-state index < -0.39 is 17.4 Å². The third-order valence-electron chi connectivity index (χ3n) is 3.55. The molecule has 116 valence electrons. The van der Waals surface area contributed by atoms with E-state index in [9.17, 15) is 0 Å². The van der Waals surface area contributed by atoms with E-state index in [1.165, 1.54) is 60.8 Å². The van der Waals surface area contributed by atoms with Crippen LogP contribution in [0.1, 0.15) is 79.1 Å². The number of unbranched alkanes of at least 4 members (excludes halogenated alkanes) is 4. The summed E-state index contributed by atoms with van der Waals surface area (Å²) in [5.41, 5.74) is 0. The van der Waals surface area contributed by atoms with Gasteiger partial charge in [-0.2, -0.15) is 0 Å². The van der Waals surface area contributed by atoms with Crippen molar-refractivity contribution in [3.8, 4) is 0 Å². The first-order valence-electron chi connectivity index (χ1n) is 8.52. The zero-order chi connectivity index (χ0) is 14.4. The third-order valence-corrected chi connectivity index (χ3v) is 9.31. The van der Waals surface area contributed by atoms with Crippen molar-refractivity contribution < 1.29 is 24.0 Å². The van der Waals surface area contributed by atoms with E-state index >= 15 is 0 Å². The Bertz CT molecular complexity index is 166. The summed E-state index contributed by atoms with van der Waals surface area (Å²) in [6.07, 6.45) is 9.87. The van der Waals surface area contributed by atoms with Gasteiger partial charge in [0.05, 0.1) is 0 Å². The molecule has 0 saturated heterocycles. The third kappa shape index (κ3) is 10.1. The second-order valence-electron chi connectivity index (χ2n) is 5.52. The predicted molar refractivity (Wildman–Crippen MR) is 81.2 cm³/mol. The number of hydrogen-bond acceptors (Lipinski definition) is 2. The first-order valence-corrected chi connectivity index (χ1v) is 12.0. The Morgan fingerprint density at radius 1 is 0.579 bits per heavy atom. The number of rotatable bonds is 14. The fraction of sp³-hybridized carbons (Fsp3) is 1.00. The molecule has 0 saturated carbocycles. The zero-order valence-electron chi connectivity index (χ0n) is 13.8. The first kappa shape index (κ1) is 19.6. The fourth-order valence-electron chi connectivity index (χ4n) is 2.15. The quantitative estimate of drug-likeness (QED) is 0.288. The monoisotopic (exact) mass is 308 g/mol. The molecule has 0 radical (unpaired) electrons. The van der Waals surface area contributed by atoms with Gasteiger partial charge in [0.1, 0.15) is 0 Å². The van der Waals surface area contributed by atoms with Gasteiger partial charge in [-0.3, -0.25) is 0 Å². The van der Waals surface area contributed by atoms with E-state index in [0.29, 0.717) is 0 Å². The van der Waals surface area contributed by atoms with E-state index in [-0.39, 0.29) is 0 Å². The van der Waals surface area contributed by atoms with Gasteiger partial charge < -0.3 is 0 Å². The Morgan fingerprint density at radius 3 is 1.26 bits per heavy atom. The van der Waals surface area contributed by atoms with Crippen LogP contribution in [-0.2, 0) is 24.0 Å². The van der Waals surface area contributed by atoms with Crippen molar-refractivity contribution in [2.45, 2.75) is 88.5 Å². The van der Waals surface area contributed by atoms with Gasteiger partial charge in [-0.1, -0.05) is 0 Å². The molecule has 0 aliphatic heterocycles. The van der Waals surface area contributed by atoms with Crippen LogP contribution >= 0.6 is 0 Å². The zero-order valence-corrected chi connectivity index (χ0v) is 15.4. The molecule has 2 nitrogen and oxygen atoms in total. The molecule has 0 aliphatic carbocycles. The van der Waals surface area contributed by atoms with Gasteiger partial charge in [0.2, 0.25) is 0 Å². The second-order valence-corrected chi connectivity index (χ2v) is 10.8. The summed E-state index contributed by atoms with van der Waals surface area (Å²) in [6.45, 7) is 10.9. The predicted octanol–water partition coefficient (Wildman–Crippen LogP) is 6.04. The number of hydrogen-bond donors (Lipinski definition) is 0. The topological polar surface area (TPSA) is 18.5 Å². The van der Waals surface area contributed by atoms with Gasteiger partial charge in [0, 0.05) is 0 Å². The molecule has 0 amide bonds. The molecule has 0 rings (SSSR count). The summed E-state index contributed by atoms with van der Waals surface area (Å²) in [7, 11) is 0. The van der Waals surface area contributed by atoms with Gasteiger partial charge in [0.25, 0.3) is 0 Å². The van der Waals surface area contributed by atoms with Crippen molar-refractivity contribution in [1.82, 2.24) is 0 Å². The van der Waals surface area contributed by atoms with Gasteiger partial charge in [-0.05, 0) is 0 Å². The van der Waals surface area contributed by atoms with E-state index in [4.69, 9.17) is 6.64 Å². The Hall–Kier alpha value is 0.634. The van der Waals surface area contributed by atoms with E-state index in [2.05, 4.69) is 27.7 Å². The maximum absolute atomic E-state index is 6.39. The molecular formula is C16H36O2Ti.